The zero-order valence-corrected chi connectivity index (χ0v) is 8.89. The highest BCUT2D eigenvalue weighted by molar-refractivity contribution is 6.33. The van der Waals surface area contributed by atoms with Gasteiger partial charge in [0, 0.05) is 0 Å². The van der Waals surface area contributed by atoms with Gasteiger partial charge in [0.2, 0.25) is 11.8 Å². The Balaban J connectivity index is 2.48. The predicted octanol–water partition coefficient (Wildman–Crippen LogP) is 3.27. The van der Waals surface area contributed by atoms with Gasteiger partial charge < -0.3 is 4.42 Å². The summed E-state index contributed by atoms with van der Waals surface area (Å²) in [6.07, 6.45) is 0. The number of hydrogen-bond donors (Lipinski definition) is 0. The molecule has 0 saturated heterocycles. The van der Waals surface area contributed by atoms with Crippen LogP contribution in [0.25, 0.3) is 11.5 Å². The van der Waals surface area contributed by atoms with Crippen LogP contribution < -0.4 is 0 Å². The van der Waals surface area contributed by atoms with Crippen LogP contribution in [0.3, 0.4) is 0 Å². The number of aromatic nitrogens is 2. The molecule has 1 aromatic carbocycles. The van der Waals surface area contributed by atoms with Crippen molar-refractivity contribution in [1.29, 1.82) is 0 Å². The smallest absolute Gasteiger partial charge is 0.249 e. The van der Waals surface area contributed by atoms with Crippen LogP contribution in [0, 0.1) is 5.82 Å². The molecule has 1 aromatic heterocycles. The molecule has 15 heavy (non-hydrogen) atoms. The Bertz CT molecular complexity index is 487. The predicted molar refractivity (Wildman–Crippen MR) is 54.3 cm³/mol. The van der Waals surface area contributed by atoms with Gasteiger partial charge in [0.05, 0.1) is 10.6 Å². The van der Waals surface area contributed by atoms with Crippen molar-refractivity contribution >= 4 is 23.2 Å². The average Bonchev–Trinajstić information content (AvgIpc) is 2.70. The van der Waals surface area contributed by atoms with Crippen LogP contribution >= 0.6 is 23.2 Å². The second kappa shape index (κ2) is 4.16. The molecule has 1 heterocycles. The van der Waals surface area contributed by atoms with E-state index in [9.17, 15) is 4.39 Å². The van der Waals surface area contributed by atoms with Crippen LogP contribution in [-0.4, -0.2) is 10.2 Å². The molecule has 0 atom stereocenters. The van der Waals surface area contributed by atoms with Crippen molar-refractivity contribution in [2.75, 3.05) is 0 Å². The van der Waals surface area contributed by atoms with Crippen molar-refractivity contribution in [3.8, 4) is 11.5 Å². The Morgan fingerprint density at radius 3 is 2.80 bits per heavy atom. The molecule has 0 N–H and O–H groups in total. The van der Waals surface area contributed by atoms with Gasteiger partial charge in [0.25, 0.3) is 0 Å². The zero-order valence-electron chi connectivity index (χ0n) is 7.38. The largest absolute Gasteiger partial charge is 0.419 e. The lowest BCUT2D eigenvalue weighted by Crippen LogP contribution is -1.82. The summed E-state index contributed by atoms with van der Waals surface area (Å²) in [6, 6.07) is 3.91. The van der Waals surface area contributed by atoms with Gasteiger partial charge in [-0.25, -0.2) is 4.39 Å². The molecule has 0 unspecified atom stereocenters. The summed E-state index contributed by atoms with van der Waals surface area (Å²) in [4.78, 5) is 0. The fourth-order valence-electron chi connectivity index (χ4n) is 1.08. The molecule has 2 aromatic rings. The van der Waals surface area contributed by atoms with E-state index < -0.39 is 5.82 Å². The second-order valence-corrected chi connectivity index (χ2v) is 3.43. The maximum Gasteiger partial charge on any atom is 0.249 e. The van der Waals surface area contributed by atoms with Gasteiger partial charge in [-0.15, -0.1) is 21.8 Å². The van der Waals surface area contributed by atoms with E-state index in [2.05, 4.69) is 10.2 Å². The van der Waals surface area contributed by atoms with E-state index in [-0.39, 0.29) is 17.7 Å². The van der Waals surface area contributed by atoms with E-state index in [1.54, 1.807) is 0 Å². The lowest BCUT2D eigenvalue weighted by Gasteiger charge is -1.97. The van der Waals surface area contributed by atoms with E-state index >= 15 is 0 Å². The Labute approximate surface area is 94.8 Å². The number of hydrogen-bond acceptors (Lipinski definition) is 3. The Hall–Kier alpha value is -1.13. The third-order valence-electron chi connectivity index (χ3n) is 1.74. The lowest BCUT2D eigenvalue weighted by atomic mass is 10.2. The molecule has 2 rings (SSSR count). The molecular weight excluding hydrogens is 242 g/mol. The molecule has 0 aliphatic rings. The van der Waals surface area contributed by atoms with E-state index in [0.717, 1.165) is 0 Å². The van der Waals surface area contributed by atoms with Gasteiger partial charge >= 0.3 is 0 Å². The number of nitrogens with zero attached hydrogens (tertiary/aromatic N) is 2. The SMILES string of the molecule is Fc1ccc(Cl)c(-c2nnc(CCl)o2)c1. The summed E-state index contributed by atoms with van der Waals surface area (Å²) in [7, 11) is 0. The summed E-state index contributed by atoms with van der Waals surface area (Å²) in [5.74, 6) is 0.127. The summed E-state index contributed by atoms with van der Waals surface area (Å²) in [5, 5.41) is 7.71. The van der Waals surface area contributed by atoms with Gasteiger partial charge in [0.1, 0.15) is 11.7 Å². The number of alkyl halides is 1. The van der Waals surface area contributed by atoms with Gasteiger partial charge in [-0.2, -0.15) is 0 Å². The van der Waals surface area contributed by atoms with E-state index in [0.29, 0.717) is 10.6 Å². The Morgan fingerprint density at radius 2 is 2.13 bits per heavy atom. The average molecular weight is 247 g/mol. The summed E-state index contributed by atoms with van der Waals surface area (Å²) in [5.41, 5.74) is 0.362. The molecular formula is C9H5Cl2FN2O. The molecule has 0 amide bonds. The minimum absolute atomic E-state index is 0.111. The third kappa shape index (κ3) is 2.11. The van der Waals surface area contributed by atoms with Crippen molar-refractivity contribution in [1.82, 2.24) is 10.2 Å². The summed E-state index contributed by atoms with van der Waals surface area (Å²) in [6.45, 7) is 0. The number of rotatable bonds is 2. The van der Waals surface area contributed by atoms with Crippen LogP contribution in [0.2, 0.25) is 5.02 Å². The van der Waals surface area contributed by atoms with Gasteiger partial charge in [-0.1, -0.05) is 11.6 Å². The van der Waals surface area contributed by atoms with Crippen LogP contribution in [-0.2, 0) is 5.88 Å². The molecule has 0 radical (unpaired) electrons. The maximum atomic E-state index is 12.9. The monoisotopic (exact) mass is 246 g/mol. The highest BCUT2D eigenvalue weighted by atomic mass is 35.5. The van der Waals surface area contributed by atoms with Crippen molar-refractivity contribution < 1.29 is 8.81 Å². The number of benzene rings is 1. The van der Waals surface area contributed by atoms with Crippen molar-refractivity contribution in [3.05, 3.63) is 34.9 Å². The molecule has 3 nitrogen and oxygen atoms in total. The van der Waals surface area contributed by atoms with Crippen LogP contribution in [0.4, 0.5) is 4.39 Å². The number of halogens is 3. The van der Waals surface area contributed by atoms with Crippen molar-refractivity contribution in [3.63, 3.8) is 0 Å². The van der Waals surface area contributed by atoms with E-state index in [4.69, 9.17) is 27.6 Å². The first-order valence-electron chi connectivity index (χ1n) is 4.04. The molecule has 0 fully saturated rings. The first kappa shape index (κ1) is 10.4. The molecule has 0 bridgehead atoms. The summed E-state index contributed by atoms with van der Waals surface area (Å²) < 4.78 is 18.1. The highest BCUT2D eigenvalue weighted by Gasteiger charge is 2.12. The van der Waals surface area contributed by atoms with Gasteiger partial charge in [-0.3, -0.25) is 0 Å². The lowest BCUT2D eigenvalue weighted by molar-refractivity contribution is 0.526. The topological polar surface area (TPSA) is 38.9 Å². The molecule has 78 valence electrons. The maximum absolute atomic E-state index is 12.9. The first-order chi connectivity index (χ1) is 7.20. The minimum atomic E-state index is -0.417. The minimum Gasteiger partial charge on any atom is -0.419 e. The first-order valence-corrected chi connectivity index (χ1v) is 4.95. The molecule has 0 spiro atoms. The fraction of sp³-hybridized carbons (Fsp3) is 0.111. The van der Waals surface area contributed by atoms with Crippen molar-refractivity contribution in [2.45, 2.75) is 5.88 Å². The second-order valence-electron chi connectivity index (χ2n) is 2.76. The zero-order chi connectivity index (χ0) is 10.8. The van der Waals surface area contributed by atoms with Gasteiger partial charge in [0.15, 0.2) is 0 Å². The van der Waals surface area contributed by atoms with Crippen LogP contribution in [0.15, 0.2) is 22.6 Å². The standard InChI is InChI=1S/C9H5Cl2FN2O/c10-4-8-13-14-9(15-8)6-3-5(12)1-2-7(6)11/h1-3H,4H2. The quantitative estimate of drug-likeness (QED) is 0.764. The molecule has 6 heteroatoms. The Kier molecular flexibility index (Phi) is 2.88. The van der Waals surface area contributed by atoms with E-state index in [1.807, 2.05) is 0 Å². The molecule has 0 aliphatic carbocycles. The Morgan fingerprint density at radius 1 is 1.33 bits per heavy atom. The summed E-state index contributed by atoms with van der Waals surface area (Å²) >= 11 is 11.4. The van der Waals surface area contributed by atoms with Crippen molar-refractivity contribution in [2.24, 2.45) is 0 Å². The van der Waals surface area contributed by atoms with Gasteiger partial charge in [-0.05, 0) is 18.2 Å². The van der Waals surface area contributed by atoms with Crippen LogP contribution in [0.1, 0.15) is 5.89 Å². The molecule has 0 saturated carbocycles. The molecule has 0 aliphatic heterocycles. The fourth-order valence-corrected chi connectivity index (χ4v) is 1.38. The highest BCUT2D eigenvalue weighted by Crippen LogP contribution is 2.27. The third-order valence-corrected chi connectivity index (χ3v) is 2.30. The normalized spacial score (nSPS) is 10.6. The van der Waals surface area contributed by atoms with E-state index in [1.165, 1.54) is 18.2 Å². The van der Waals surface area contributed by atoms with Crippen LogP contribution in [0.5, 0.6) is 0 Å².